The van der Waals surface area contributed by atoms with E-state index < -0.39 is 0 Å². The molecule has 3 nitrogen and oxygen atoms in total. The molecule has 0 amide bonds. The molecular formula is C46H30N2O. The highest BCUT2D eigenvalue weighted by molar-refractivity contribution is 6.19. The zero-order chi connectivity index (χ0) is 32.3. The maximum atomic E-state index is 6.23. The molecule has 0 radical (unpaired) electrons. The molecule has 10 rings (SSSR count). The summed E-state index contributed by atoms with van der Waals surface area (Å²) in [5.41, 5.74) is 11.0. The number of nitrogens with zero attached hydrogens (tertiary/aromatic N) is 2. The third-order valence-corrected chi connectivity index (χ3v) is 9.74. The van der Waals surface area contributed by atoms with Gasteiger partial charge in [0.25, 0.3) is 0 Å². The van der Waals surface area contributed by atoms with Gasteiger partial charge in [0.2, 0.25) is 0 Å². The summed E-state index contributed by atoms with van der Waals surface area (Å²) in [5, 5.41) is 7.12. The Bertz CT molecular complexity index is 2830. The zero-order valence-corrected chi connectivity index (χ0v) is 26.6. The van der Waals surface area contributed by atoms with E-state index in [1.807, 2.05) is 12.1 Å². The lowest BCUT2D eigenvalue weighted by molar-refractivity contribution is 0.669. The van der Waals surface area contributed by atoms with Crippen LogP contribution in [0.5, 0.6) is 0 Å². The van der Waals surface area contributed by atoms with Crippen LogP contribution in [0.15, 0.2) is 186 Å². The molecule has 0 saturated carbocycles. The second-order valence-electron chi connectivity index (χ2n) is 12.6. The number of rotatable bonds is 5. The number of hydrogen-bond donors (Lipinski definition) is 0. The Morgan fingerprint density at radius 3 is 1.90 bits per heavy atom. The molecule has 2 aromatic heterocycles. The van der Waals surface area contributed by atoms with Gasteiger partial charge in [-0.1, -0.05) is 115 Å². The molecule has 10 aromatic rings. The Morgan fingerprint density at radius 2 is 1.04 bits per heavy atom. The van der Waals surface area contributed by atoms with Crippen molar-refractivity contribution in [2.75, 3.05) is 4.90 Å². The largest absolute Gasteiger partial charge is 0.456 e. The molecule has 2 heterocycles. The molecule has 0 spiro atoms. The van der Waals surface area contributed by atoms with Crippen LogP contribution in [0.4, 0.5) is 17.1 Å². The van der Waals surface area contributed by atoms with Crippen LogP contribution in [0.3, 0.4) is 0 Å². The minimum Gasteiger partial charge on any atom is -0.456 e. The predicted octanol–water partition coefficient (Wildman–Crippen LogP) is 13.0. The van der Waals surface area contributed by atoms with E-state index in [1.54, 1.807) is 0 Å². The molecule has 0 bridgehead atoms. The summed E-state index contributed by atoms with van der Waals surface area (Å²) in [4.78, 5) is 2.38. The Hall–Kier alpha value is -6.58. The van der Waals surface area contributed by atoms with E-state index in [4.69, 9.17) is 4.42 Å². The van der Waals surface area contributed by atoms with E-state index in [1.165, 1.54) is 43.7 Å². The van der Waals surface area contributed by atoms with E-state index in [9.17, 15) is 0 Å². The van der Waals surface area contributed by atoms with Crippen LogP contribution in [0, 0.1) is 0 Å². The van der Waals surface area contributed by atoms with Gasteiger partial charge in [0.15, 0.2) is 0 Å². The Kier molecular flexibility index (Phi) is 6.18. The van der Waals surface area contributed by atoms with Crippen LogP contribution >= 0.6 is 0 Å². The van der Waals surface area contributed by atoms with Crippen LogP contribution in [0.1, 0.15) is 0 Å². The summed E-state index contributed by atoms with van der Waals surface area (Å²) in [6, 6.07) is 65.1. The lowest BCUT2D eigenvalue weighted by Crippen LogP contribution is -2.10. The second kappa shape index (κ2) is 11.0. The van der Waals surface area contributed by atoms with Crippen LogP contribution in [-0.4, -0.2) is 4.57 Å². The van der Waals surface area contributed by atoms with Crippen molar-refractivity contribution in [1.82, 2.24) is 4.57 Å². The Balaban J connectivity index is 1.22. The van der Waals surface area contributed by atoms with Crippen molar-refractivity contribution in [3.63, 3.8) is 0 Å². The fraction of sp³-hybridized carbons (Fsp3) is 0. The molecule has 3 heteroatoms. The van der Waals surface area contributed by atoms with Gasteiger partial charge in [0.1, 0.15) is 11.2 Å². The minimum absolute atomic E-state index is 0.910. The normalized spacial score (nSPS) is 11.7. The number of aromatic nitrogens is 1. The predicted molar refractivity (Wildman–Crippen MR) is 206 cm³/mol. The number of fused-ring (bicyclic) bond motifs is 8. The highest BCUT2D eigenvalue weighted by Crippen LogP contribution is 2.42. The van der Waals surface area contributed by atoms with Gasteiger partial charge in [-0.15, -0.1) is 0 Å². The van der Waals surface area contributed by atoms with E-state index >= 15 is 0 Å². The first-order valence-corrected chi connectivity index (χ1v) is 16.7. The van der Waals surface area contributed by atoms with Gasteiger partial charge in [-0.05, 0) is 88.6 Å². The number of hydrogen-bond acceptors (Lipinski definition) is 2. The first-order chi connectivity index (χ1) is 24.3. The molecule has 0 aliphatic carbocycles. The quantitative estimate of drug-likeness (QED) is 0.190. The first kappa shape index (κ1) is 27.5. The average Bonchev–Trinajstić information content (AvgIpc) is 3.71. The maximum absolute atomic E-state index is 6.23. The number of anilines is 3. The SMILES string of the molecule is c1ccc(-c2cccc(N(c3ccc4c(ccc5oc6ccccc6c54)c3)c3ccc4c5ccccc5n(-c5ccccc5)c4c3)c2)cc1. The van der Waals surface area contributed by atoms with Gasteiger partial charge in [-0.25, -0.2) is 0 Å². The summed E-state index contributed by atoms with van der Waals surface area (Å²) in [7, 11) is 0. The number of furan rings is 1. The fourth-order valence-electron chi connectivity index (χ4n) is 7.54. The van der Waals surface area contributed by atoms with Crippen molar-refractivity contribution < 1.29 is 4.42 Å². The summed E-state index contributed by atoms with van der Waals surface area (Å²) in [6.45, 7) is 0. The monoisotopic (exact) mass is 626 g/mol. The van der Waals surface area contributed by atoms with Crippen molar-refractivity contribution >= 4 is 71.6 Å². The molecule has 0 aliphatic heterocycles. The van der Waals surface area contributed by atoms with Gasteiger partial charge in [-0.2, -0.15) is 0 Å². The van der Waals surface area contributed by atoms with Crippen molar-refractivity contribution in [1.29, 1.82) is 0 Å². The third-order valence-electron chi connectivity index (χ3n) is 9.74. The van der Waals surface area contributed by atoms with Gasteiger partial charge >= 0.3 is 0 Å². The first-order valence-electron chi connectivity index (χ1n) is 16.7. The molecule has 49 heavy (non-hydrogen) atoms. The van der Waals surface area contributed by atoms with Gasteiger partial charge < -0.3 is 13.9 Å². The molecule has 0 aliphatic rings. The minimum atomic E-state index is 0.910. The van der Waals surface area contributed by atoms with Gasteiger partial charge in [0, 0.05) is 44.3 Å². The summed E-state index contributed by atoms with van der Waals surface area (Å²) in [5.74, 6) is 0. The molecule has 0 atom stereocenters. The van der Waals surface area contributed by atoms with E-state index in [-0.39, 0.29) is 0 Å². The molecule has 8 aromatic carbocycles. The summed E-state index contributed by atoms with van der Waals surface area (Å²) < 4.78 is 8.62. The maximum Gasteiger partial charge on any atom is 0.136 e. The highest BCUT2D eigenvalue weighted by atomic mass is 16.3. The number of benzene rings is 8. The van der Waals surface area contributed by atoms with E-state index in [0.29, 0.717) is 0 Å². The zero-order valence-electron chi connectivity index (χ0n) is 26.6. The van der Waals surface area contributed by atoms with Crippen LogP contribution in [-0.2, 0) is 0 Å². The Labute approximate surface area is 283 Å². The van der Waals surface area contributed by atoms with Gasteiger partial charge in [0.05, 0.1) is 11.0 Å². The van der Waals surface area contributed by atoms with Gasteiger partial charge in [-0.3, -0.25) is 0 Å². The smallest absolute Gasteiger partial charge is 0.136 e. The lowest BCUT2D eigenvalue weighted by Gasteiger charge is -2.27. The molecule has 0 N–H and O–H groups in total. The molecular weight excluding hydrogens is 597 g/mol. The van der Waals surface area contributed by atoms with Crippen molar-refractivity contribution in [3.8, 4) is 16.8 Å². The van der Waals surface area contributed by atoms with Crippen molar-refractivity contribution in [2.45, 2.75) is 0 Å². The van der Waals surface area contributed by atoms with E-state index in [2.05, 4.69) is 179 Å². The summed E-state index contributed by atoms with van der Waals surface area (Å²) >= 11 is 0. The lowest BCUT2D eigenvalue weighted by atomic mass is 10.0. The van der Waals surface area contributed by atoms with Crippen LogP contribution in [0.2, 0.25) is 0 Å². The number of para-hydroxylation sites is 3. The van der Waals surface area contributed by atoms with Crippen LogP contribution < -0.4 is 4.90 Å². The standard InChI is InChI=1S/C46H30N2O/c1-3-12-31(13-4-1)32-14-11-17-35(28-32)47(36-23-25-38-33(29-36)22-27-45-46(38)41-19-8-10-21-44(41)49-45)37-24-26-40-39-18-7-9-20-42(39)48(43(40)30-37)34-15-5-2-6-16-34/h1-30H. The van der Waals surface area contributed by atoms with Crippen molar-refractivity contribution in [2.24, 2.45) is 0 Å². The topological polar surface area (TPSA) is 21.3 Å². The Morgan fingerprint density at radius 1 is 0.388 bits per heavy atom. The average molecular weight is 627 g/mol. The van der Waals surface area contributed by atoms with Crippen molar-refractivity contribution in [3.05, 3.63) is 182 Å². The molecule has 0 saturated heterocycles. The molecule has 230 valence electrons. The van der Waals surface area contributed by atoms with E-state index in [0.717, 1.165) is 44.7 Å². The fourth-order valence-corrected chi connectivity index (χ4v) is 7.54. The molecule has 0 unspecified atom stereocenters. The van der Waals surface area contributed by atoms with Crippen LogP contribution in [0.25, 0.3) is 71.3 Å². The summed E-state index contributed by atoms with van der Waals surface area (Å²) in [6.07, 6.45) is 0. The highest BCUT2D eigenvalue weighted by Gasteiger charge is 2.19. The third kappa shape index (κ3) is 4.44. The second-order valence-corrected chi connectivity index (χ2v) is 12.6. The molecule has 0 fully saturated rings.